The number of ketones is 2. The normalized spacial score (nSPS) is 11.8. The number of unbranched alkanes of at least 4 members (excludes halogenated alkanes) is 2. The van der Waals surface area contributed by atoms with Gasteiger partial charge in [0.2, 0.25) is 0 Å². The summed E-state index contributed by atoms with van der Waals surface area (Å²) in [6, 6.07) is 0. The lowest BCUT2D eigenvalue weighted by Gasteiger charge is -2.23. The van der Waals surface area contributed by atoms with E-state index in [1.807, 2.05) is 27.7 Å². The van der Waals surface area contributed by atoms with Crippen LogP contribution in [0, 0.1) is 6.92 Å². The van der Waals surface area contributed by atoms with Crippen LogP contribution in [0.4, 0.5) is 0 Å². The molecule has 1 aromatic carbocycles. The third-order valence-corrected chi connectivity index (χ3v) is 6.49. The topological polar surface area (TPSA) is 145 Å². The fourth-order valence-electron chi connectivity index (χ4n) is 4.45. The molecule has 1 heterocycles. The average molecular weight is 515 g/mol. The van der Waals surface area contributed by atoms with Gasteiger partial charge in [-0.1, -0.05) is 38.3 Å². The van der Waals surface area contributed by atoms with Crippen LogP contribution in [-0.4, -0.2) is 32.0 Å². The van der Waals surface area contributed by atoms with Crippen molar-refractivity contribution < 1.29 is 34.4 Å². The first kappa shape index (κ1) is 29.7. The molecule has 4 N–H and O–H groups in total. The number of aryl methyl sites for hydroxylation is 1. The Labute approximate surface area is 217 Å². The van der Waals surface area contributed by atoms with Gasteiger partial charge in [-0.05, 0) is 47.0 Å². The Bertz CT molecular complexity index is 1260. The Morgan fingerprint density at radius 3 is 2.08 bits per heavy atom. The summed E-state index contributed by atoms with van der Waals surface area (Å²) in [6.45, 7) is 10.2. The molecule has 202 valence electrons. The third kappa shape index (κ3) is 6.24. The smallest absolute Gasteiger partial charge is 0.343 e. The molecule has 2 rings (SSSR count). The summed E-state index contributed by atoms with van der Waals surface area (Å²) in [5.74, 6) is -5.09. The van der Waals surface area contributed by atoms with E-state index in [4.69, 9.17) is 4.42 Å². The van der Waals surface area contributed by atoms with Gasteiger partial charge in [-0.15, -0.1) is 0 Å². The van der Waals surface area contributed by atoms with Crippen LogP contribution < -0.4 is 5.63 Å². The fourth-order valence-corrected chi connectivity index (χ4v) is 4.45. The molecular weight excluding hydrogens is 476 g/mol. The molecule has 0 saturated heterocycles. The molecule has 37 heavy (non-hydrogen) atoms. The quantitative estimate of drug-likeness (QED) is 0.160. The van der Waals surface area contributed by atoms with E-state index in [1.54, 1.807) is 13.0 Å². The first-order valence-corrected chi connectivity index (χ1v) is 12.7. The van der Waals surface area contributed by atoms with E-state index in [-0.39, 0.29) is 29.7 Å². The van der Waals surface area contributed by atoms with Crippen molar-refractivity contribution in [2.75, 3.05) is 0 Å². The Balaban J connectivity index is 3.00. The summed E-state index contributed by atoms with van der Waals surface area (Å²) in [7, 11) is 0. The zero-order chi connectivity index (χ0) is 28.0. The van der Waals surface area contributed by atoms with Crippen LogP contribution in [-0.2, 0) is 17.6 Å². The number of benzene rings is 1. The second-order valence-corrected chi connectivity index (χ2v) is 9.66. The molecule has 0 fully saturated rings. The van der Waals surface area contributed by atoms with E-state index >= 15 is 0 Å². The van der Waals surface area contributed by atoms with Gasteiger partial charge < -0.3 is 24.8 Å². The van der Waals surface area contributed by atoms with Crippen LogP contribution in [0.2, 0.25) is 0 Å². The van der Waals surface area contributed by atoms with Gasteiger partial charge in [0.1, 0.15) is 40.1 Å². The zero-order valence-corrected chi connectivity index (χ0v) is 22.5. The molecule has 0 bridgehead atoms. The second kappa shape index (κ2) is 12.6. The summed E-state index contributed by atoms with van der Waals surface area (Å²) < 4.78 is 5.47. The number of Topliss-reactive ketones (excluding diaryl/α,β-unsaturated/α-hetero) is 2. The van der Waals surface area contributed by atoms with Crippen LogP contribution >= 0.6 is 0 Å². The van der Waals surface area contributed by atoms with Crippen LogP contribution in [0.25, 0.3) is 0 Å². The lowest BCUT2D eigenvalue weighted by Crippen LogP contribution is -2.23. The summed E-state index contributed by atoms with van der Waals surface area (Å²) in [6.07, 6.45) is 4.77. The minimum atomic E-state index is -1.62. The highest BCUT2D eigenvalue weighted by molar-refractivity contribution is 6.02. The highest BCUT2D eigenvalue weighted by Gasteiger charge is 2.38. The summed E-state index contributed by atoms with van der Waals surface area (Å²) in [5, 5.41) is 44.3. The van der Waals surface area contributed by atoms with Crippen LogP contribution in [0.3, 0.4) is 0 Å². The molecular formula is C29H38O8. The van der Waals surface area contributed by atoms with Crippen molar-refractivity contribution in [3.8, 4) is 23.0 Å². The lowest BCUT2D eigenvalue weighted by atomic mass is 9.81. The molecule has 0 aliphatic carbocycles. The molecule has 0 aliphatic rings. The Hall–Kier alpha value is -3.55. The van der Waals surface area contributed by atoms with Gasteiger partial charge in [-0.25, -0.2) is 4.79 Å². The molecule has 8 nitrogen and oxygen atoms in total. The molecule has 1 atom stereocenters. The number of hydrogen-bond acceptors (Lipinski definition) is 8. The highest BCUT2D eigenvalue weighted by atomic mass is 16.4. The first-order chi connectivity index (χ1) is 17.4. The van der Waals surface area contributed by atoms with Gasteiger partial charge in [0.15, 0.2) is 5.78 Å². The maximum Gasteiger partial charge on any atom is 0.343 e. The molecule has 0 aliphatic heterocycles. The first-order valence-electron chi connectivity index (χ1n) is 12.7. The monoisotopic (exact) mass is 514 g/mol. The Morgan fingerprint density at radius 2 is 1.54 bits per heavy atom. The van der Waals surface area contributed by atoms with Crippen molar-refractivity contribution in [1.82, 2.24) is 0 Å². The van der Waals surface area contributed by atoms with Crippen molar-refractivity contribution in [1.29, 1.82) is 0 Å². The number of carbonyl (C=O) groups is 2. The Kier molecular flexibility index (Phi) is 10.1. The van der Waals surface area contributed by atoms with Crippen molar-refractivity contribution >= 4 is 11.6 Å². The zero-order valence-electron chi connectivity index (χ0n) is 22.5. The largest absolute Gasteiger partial charge is 0.507 e. The summed E-state index contributed by atoms with van der Waals surface area (Å²) >= 11 is 0. The number of phenolic OH excluding ortho intramolecular Hbond substituents is 3. The number of phenols is 3. The van der Waals surface area contributed by atoms with Gasteiger partial charge in [0.25, 0.3) is 0 Å². The average Bonchev–Trinajstić information content (AvgIpc) is 2.81. The predicted octanol–water partition coefficient (Wildman–Crippen LogP) is 5.72. The van der Waals surface area contributed by atoms with Crippen molar-refractivity contribution in [2.45, 2.75) is 92.4 Å². The van der Waals surface area contributed by atoms with Crippen LogP contribution in [0.1, 0.15) is 111 Å². The second-order valence-electron chi connectivity index (χ2n) is 9.66. The fraction of sp³-hybridized carbons (Fsp3) is 0.483. The van der Waals surface area contributed by atoms with Gasteiger partial charge in [-0.2, -0.15) is 0 Å². The van der Waals surface area contributed by atoms with Gasteiger partial charge in [0.05, 0.1) is 17.0 Å². The molecule has 1 aromatic heterocycles. The lowest BCUT2D eigenvalue weighted by molar-refractivity contribution is -0.120. The van der Waals surface area contributed by atoms with Gasteiger partial charge in [0, 0.05) is 24.0 Å². The van der Waals surface area contributed by atoms with Gasteiger partial charge >= 0.3 is 5.63 Å². The van der Waals surface area contributed by atoms with E-state index in [0.717, 1.165) is 25.3 Å². The molecule has 0 saturated carbocycles. The number of allylic oxidation sites excluding steroid dienone is 2. The van der Waals surface area contributed by atoms with Crippen molar-refractivity contribution in [3.05, 3.63) is 55.6 Å². The van der Waals surface area contributed by atoms with E-state index in [1.165, 1.54) is 0 Å². The maximum absolute atomic E-state index is 13.6. The molecule has 0 spiro atoms. The molecule has 2 aromatic rings. The van der Waals surface area contributed by atoms with Crippen molar-refractivity contribution in [2.24, 2.45) is 0 Å². The summed E-state index contributed by atoms with van der Waals surface area (Å²) in [5.41, 5.74) is -1.21. The number of aromatic hydroxyl groups is 4. The SMILES string of the molecule is CCCCCC(=O)C(c1c(O)c(CC=C(C)C)c(O)c(C(C)=O)c1O)c1c(O)c(C)c(CCC)oc1=O. The molecule has 8 heteroatoms. The highest BCUT2D eigenvalue weighted by Crippen LogP contribution is 2.49. The summed E-state index contributed by atoms with van der Waals surface area (Å²) in [4.78, 5) is 39.3. The van der Waals surface area contributed by atoms with Crippen LogP contribution in [0.5, 0.6) is 23.0 Å². The number of hydrogen-bond donors (Lipinski definition) is 4. The van der Waals surface area contributed by atoms with E-state index in [9.17, 15) is 34.8 Å². The van der Waals surface area contributed by atoms with E-state index in [2.05, 4.69) is 0 Å². The Morgan fingerprint density at radius 1 is 0.892 bits per heavy atom. The standard InChI is InChI=1S/C29H38O8/c1-7-9-10-12-19(31)22(24-25(32)16(5)20(11-8-2)37-29(24)36)23-27(34)18(14-13-15(3)4)26(33)21(17(6)30)28(23)35/h13,22,32-35H,7-12,14H2,1-6H3. The third-order valence-electron chi connectivity index (χ3n) is 6.49. The van der Waals surface area contributed by atoms with Crippen molar-refractivity contribution in [3.63, 3.8) is 0 Å². The molecule has 0 radical (unpaired) electrons. The molecule has 0 amide bonds. The molecule has 1 unspecified atom stereocenters. The van der Waals surface area contributed by atoms with E-state index in [0.29, 0.717) is 19.3 Å². The predicted molar refractivity (Wildman–Crippen MR) is 141 cm³/mol. The van der Waals surface area contributed by atoms with E-state index < -0.39 is 62.8 Å². The minimum absolute atomic E-state index is 0.000635. The number of carbonyl (C=O) groups excluding carboxylic acids is 2. The number of rotatable bonds is 12. The minimum Gasteiger partial charge on any atom is -0.507 e. The maximum atomic E-state index is 13.6. The van der Waals surface area contributed by atoms with Crippen LogP contribution in [0.15, 0.2) is 20.9 Å². The van der Waals surface area contributed by atoms with Gasteiger partial charge in [-0.3, -0.25) is 9.59 Å².